The summed E-state index contributed by atoms with van der Waals surface area (Å²) in [7, 11) is 0. The van der Waals surface area contributed by atoms with Crippen molar-refractivity contribution >= 4 is 50.5 Å². The second-order valence-electron chi connectivity index (χ2n) is 15.8. The van der Waals surface area contributed by atoms with Crippen LogP contribution in [0.1, 0.15) is 119 Å². The molecule has 5 rings (SSSR count). The van der Waals surface area contributed by atoms with Crippen molar-refractivity contribution in [1.82, 2.24) is 4.98 Å². The molecule has 0 aliphatic heterocycles. The topological polar surface area (TPSA) is 76.5 Å². The molecule has 0 fully saturated rings. The minimum absolute atomic E-state index is 0. The summed E-state index contributed by atoms with van der Waals surface area (Å²) in [6.45, 7) is 29.2. The fraction of sp³-hybridized carbons (Fsp3) is 0.467. The second kappa shape index (κ2) is 17.3. The van der Waals surface area contributed by atoms with Gasteiger partial charge in [0, 0.05) is 59.5 Å². The molecule has 5 nitrogen and oxygen atoms in total. The average Bonchev–Trinajstić information content (AvgIpc) is 3.64. The largest absolute Gasteiger partial charge is 0.512 e. The normalized spacial score (nSPS) is 12.7. The number of carbonyl (C=O) groups is 1. The molecule has 0 bridgehead atoms. The third kappa shape index (κ3) is 8.80. The number of hydrogen-bond donors (Lipinski definition) is 1. The van der Waals surface area contributed by atoms with Gasteiger partial charge in [0.2, 0.25) is 0 Å². The van der Waals surface area contributed by atoms with Gasteiger partial charge in [-0.2, -0.15) is 11.8 Å². The summed E-state index contributed by atoms with van der Waals surface area (Å²) in [6.07, 6.45) is 7.55. The Morgan fingerprint density at radius 2 is 1.58 bits per heavy atom. The maximum atomic E-state index is 12.2. The number of aliphatic hydroxyl groups excluding tert-OH is 1. The Hall–Kier alpha value is -3.12. The zero-order valence-electron chi connectivity index (χ0n) is 33.3. The number of allylic oxidation sites excluding steroid dienone is 2. The van der Waals surface area contributed by atoms with E-state index in [-0.39, 0.29) is 47.9 Å². The van der Waals surface area contributed by atoms with Crippen molar-refractivity contribution in [2.75, 3.05) is 0 Å². The summed E-state index contributed by atoms with van der Waals surface area (Å²) in [5, 5.41) is 15.1. The van der Waals surface area contributed by atoms with E-state index in [1.807, 2.05) is 59.2 Å². The molecule has 1 N–H and O–H groups in total. The van der Waals surface area contributed by atoms with Crippen LogP contribution >= 0.6 is 11.8 Å². The Bertz CT molecular complexity index is 2050. The molecule has 0 aliphatic rings. The molecule has 7 heteroatoms. The van der Waals surface area contributed by atoms with E-state index in [2.05, 4.69) is 78.5 Å². The van der Waals surface area contributed by atoms with E-state index in [0.717, 1.165) is 86.9 Å². The number of thioether (sulfide) groups is 1. The van der Waals surface area contributed by atoms with Gasteiger partial charge in [0.1, 0.15) is 28.3 Å². The molecule has 0 aliphatic carbocycles. The Morgan fingerprint density at radius 3 is 2.13 bits per heavy atom. The number of rotatable bonds is 12. The van der Waals surface area contributed by atoms with Gasteiger partial charge in [-0.25, -0.2) is 0 Å². The summed E-state index contributed by atoms with van der Waals surface area (Å²) in [5.74, 6) is 1.81. The van der Waals surface area contributed by atoms with Gasteiger partial charge >= 0.3 is 0 Å². The van der Waals surface area contributed by atoms with Crippen LogP contribution in [0.3, 0.4) is 0 Å². The fourth-order valence-electron chi connectivity index (χ4n) is 6.46. The Kier molecular flexibility index (Phi) is 14.4. The van der Waals surface area contributed by atoms with Gasteiger partial charge < -0.3 is 18.9 Å². The smallest absolute Gasteiger partial charge is 0.164 e. The van der Waals surface area contributed by atoms with Crippen LogP contribution in [0.5, 0.6) is 0 Å². The van der Waals surface area contributed by atoms with Gasteiger partial charge in [-0.3, -0.25) is 4.79 Å². The number of aromatic nitrogens is 1. The number of pyridine rings is 1. The number of hydrogen-bond acceptors (Lipinski definition) is 6. The molecule has 0 amide bonds. The molecule has 0 atom stereocenters. The summed E-state index contributed by atoms with van der Waals surface area (Å²) < 4.78 is 12.7. The Balaban J connectivity index is 0.000000347. The van der Waals surface area contributed by atoms with Crippen LogP contribution in [0.25, 0.3) is 44.2 Å². The van der Waals surface area contributed by atoms with E-state index >= 15 is 0 Å². The predicted molar refractivity (Wildman–Crippen MR) is 217 cm³/mol. The maximum absolute atomic E-state index is 12.2. The molecule has 3 aromatic heterocycles. The fourth-order valence-corrected chi connectivity index (χ4v) is 7.26. The first-order valence-electron chi connectivity index (χ1n) is 18.5. The van der Waals surface area contributed by atoms with Gasteiger partial charge in [-0.1, -0.05) is 87.6 Å². The number of nitrogens with zero attached hydrogens (tertiary/aromatic N) is 1. The third-order valence-electron chi connectivity index (χ3n) is 10.9. The van der Waals surface area contributed by atoms with Crippen LogP contribution in [-0.2, 0) is 36.7 Å². The number of ketones is 1. The number of fused-ring (bicyclic) bond motifs is 5. The third-order valence-corrected chi connectivity index (χ3v) is 11.7. The summed E-state index contributed by atoms with van der Waals surface area (Å²) in [4.78, 5) is 18.2. The van der Waals surface area contributed by atoms with Crippen LogP contribution in [-0.4, -0.2) is 15.9 Å². The maximum Gasteiger partial charge on any atom is 0.164 e. The van der Waals surface area contributed by atoms with E-state index in [9.17, 15) is 9.90 Å². The summed E-state index contributed by atoms with van der Waals surface area (Å²) >= 11 is 1.63. The van der Waals surface area contributed by atoms with Crippen molar-refractivity contribution < 1.29 is 38.8 Å². The molecule has 3 heterocycles. The van der Waals surface area contributed by atoms with E-state index in [4.69, 9.17) is 13.8 Å². The molecule has 0 saturated carbocycles. The van der Waals surface area contributed by atoms with E-state index in [0.29, 0.717) is 5.92 Å². The monoisotopic (exact) mass is 901 g/mol. The summed E-state index contributed by atoms with van der Waals surface area (Å²) in [6, 6.07) is 13.9. The first-order chi connectivity index (χ1) is 24.0. The van der Waals surface area contributed by atoms with Gasteiger partial charge in [0.25, 0.3) is 0 Å². The van der Waals surface area contributed by atoms with Crippen molar-refractivity contribution in [2.45, 2.75) is 125 Å². The second-order valence-corrected chi connectivity index (χ2v) is 16.8. The average molecular weight is 901 g/mol. The van der Waals surface area contributed by atoms with Crippen LogP contribution in [0.4, 0.5) is 0 Å². The van der Waals surface area contributed by atoms with Crippen molar-refractivity contribution in [1.29, 1.82) is 0 Å². The molecule has 0 saturated heterocycles. The Morgan fingerprint density at radius 1 is 0.962 bits per heavy atom. The zero-order valence-corrected chi connectivity index (χ0v) is 36.5. The Labute approximate surface area is 329 Å². The van der Waals surface area contributed by atoms with Crippen LogP contribution in [0.15, 0.2) is 74.1 Å². The minimum atomic E-state index is -0.337. The molecule has 283 valence electrons. The quantitative estimate of drug-likeness (QED) is 0.0582. The van der Waals surface area contributed by atoms with Gasteiger partial charge in [-0.05, 0) is 79.7 Å². The number of carbonyl (C=O) groups excluding carboxylic acids is 1. The van der Waals surface area contributed by atoms with Crippen LogP contribution in [0, 0.1) is 29.7 Å². The van der Waals surface area contributed by atoms with Crippen molar-refractivity contribution in [3.63, 3.8) is 0 Å². The number of benzene rings is 2. The van der Waals surface area contributed by atoms with Gasteiger partial charge in [0.05, 0.1) is 5.39 Å². The van der Waals surface area contributed by atoms with Crippen molar-refractivity contribution in [3.05, 3.63) is 83.3 Å². The van der Waals surface area contributed by atoms with Gasteiger partial charge in [0.15, 0.2) is 5.78 Å². The van der Waals surface area contributed by atoms with Crippen molar-refractivity contribution in [3.8, 4) is 11.3 Å². The molecule has 52 heavy (non-hydrogen) atoms. The van der Waals surface area contributed by atoms with Crippen LogP contribution in [0.2, 0.25) is 0 Å². The molecular formula is C45H58IrNO4S-. The van der Waals surface area contributed by atoms with Gasteiger partial charge in [-0.15, -0.1) is 29.3 Å². The first-order valence-corrected chi connectivity index (χ1v) is 19.4. The van der Waals surface area contributed by atoms with Crippen LogP contribution < -0.4 is 0 Å². The van der Waals surface area contributed by atoms with E-state index < -0.39 is 0 Å². The molecule has 5 aromatic rings. The van der Waals surface area contributed by atoms with E-state index in [1.54, 1.807) is 11.8 Å². The standard InChI is InChI=1S/C30H30NO2S.C15H28O2.Ir/c1-8-34-25-12-9-19(16-22(25)30(5,6)7)28-26-24(13-14-31-28)33-23-11-10-20-21(15-17(2)3)18(4)32-29(20)27(23)26;1-7-14(5,8-2)12(16)11-13(17)15(6,9-3)10-4;/h8,10-14,16-17H,1,15H2,2-7H3;11,16H,7-10H2,1-6H3;/q-1;;/b;12-11-;. The predicted octanol–water partition coefficient (Wildman–Crippen LogP) is 13.9. The number of furan rings is 2. The minimum Gasteiger partial charge on any atom is -0.512 e. The molecule has 2 aromatic carbocycles. The summed E-state index contributed by atoms with van der Waals surface area (Å²) in [5.41, 5.74) is 6.22. The van der Waals surface area contributed by atoms with E-state index in [1.165, 1.54) is 17.2 Å². The van der Waals surface area contributed by atoms with Crippen molar-refractivity contribution in [2.24, 2.45) is 16.7 Å². The number of aryl methyl sites for hydroxylation is 1. The molecule has 0 unspecified atom stereocenters. The number of aliphatic hydroxyl groups is 1. The first kappa shape index (κ1) is 43.3. The molecule has 1 radical (unpaired) electrons. The zero-order chi connectivity index (χ0) is 37.9. The molecular weight excluding hydrogens is 843 g/mol. The molecule has 0 spiro atoms. The SMILES string of the molecule is C=CSc1c[c-]c(-c2nccc3oc4ccc5c(CC(C)C)c(C)oc5c4c23)cc1C(C)(C)C.CCC(C)(CC)C(=O)/C=C(\O)C(C)(CC)CC.[Ir].